The number of carbonyl (C=O) groups excluding carboxylic acids is 1. The molecule has 12 heteroatoms. The number of benzene rings is 1. The minimum Gasteiger partial charge on any atom is -0.454 e. The highest BCUT2D eigenvalue weighted by molar-refractivity contribution is 5.91. The summed E-state index contributed by atoms with van der Waals surface area (Å²) in [6, 6.07) is 4.08. The Morgan fingerprint density at radius 2 is 1.97 bits per heavy atom. The lowest BCUT2D eigenvalue weighted by Gasteiger charge is -2.13. The van der Waals surface area contributed by atoms with Gasteiger partial charge in [-0.15, -0.1) is 0 Å². The van der Waals surface area contributed by atoms with Crippen LogP contribution in [0.25, 0.3) is 11.2 Å². The van der Waals surface area contributed by atoms with Crippen molar-refractivity contribution in [2.75, 3.05) is 19.0 Å². The lowest BCUT2D eigenvalue weighted by molar-refractivity contribution is -0.384. The molecule has 3 rings (SSSR count). The van der Waals surface area contributed by atoms with Crippen LogP contribution in [0.2, 0.25) is 0 Å². The van der Waals surface area contributed by atoms with Gasteiger partial charge in [0.25, 0.3) is 11.2 Å². The number of nitrogens with one attached hydrogen (secondary N) is 1. The van der Waals surface area contributed by atoms with E-state index < -0.39 is 22.1 Å². The quantitative estimate of drug-likeness (QED) is 0.291. The highest BCUT2D eigenvalue weighted by atomic mass is 16.6. The summed E-state index contributed by atoms with van der Waals surface area (Å²) < 4.78 is 8.34. The molecule has 0 spiro atoms. The predicted molar refractivity (Wildman–Crippen MR) is 122 cm³/mol. The van der Waals surface area contributed by atoms with Gasteiger partial charge in [-0.05, 0) is 25.5 Å². The van der Waals surface area contributed by atoms with Crippen LogP contribution in [-0.2, 0) is 24.4 Å². The summed E-state index contributed by atoms with van der Waals surface area (Å²) in [4.78, 5) is 56.5. The van der Waals surface area contributed by atoms with Crippen molar-refractivity contribution in [3.05, 3.63) is 60.5 Å². The van der Waals surface area contributed by atoms with E-state index in [1.165, 1.54) is 16.7 Å². The number of anilines is 1. The molecule has 0 unspecified atom stereocenters. The van der Waals surface area contributed by atoms with E-state index in [2.05, 4.69) is 9.97 Å². The van der Waals surface area contributed by atoms with Crippen LogP contribution < -0.4 is 16.1 Å². The molecule has 1 aromatic carbocycles. The number of ether oxygens (including phenoxy) is 1. The largest absolute Gasteiger partial charge is 0.454 e. The fourth-order valence-electron chi connectivity index (χ4n) is 3.58. The number of esters is 1. The third kappa shape index (κ3) is 4.64. The summed E-state index contributed by atoms with van der Waals surface area (Å²) in [5, 5.41) is 11.4. The number of hydrogen-bond donors (Lipinski definition) is 1. The Hall–Kier alpha value is -3.96. The number of aromatic amines is 1. The van der Waals surface area contributed by atoms with Gasteiger partial charge in [0.1, 0.15) is 18.1 Å². The maximum atomic E-state index is 12.6. The van der Waals surface area contributed by atoms with Crippen LogP contribution >= 0.6 is 0 Å². The van der Waals surface area contributed by atoms with E-state index in [9.17, 15) is 24.5 Å². The van der Waals surface area contributed by atoms with Crippen molar-refractivity contribution in [2.45, 2.75) is 46.4 Å². The molecule has 176 valence electrons. The molecule has 0 amide bonds. The highest BCUT2D eigenvalue weighted by Crippen LogP contribution is 2.28. The zero-order valence-electron chi connectivity index (χ0n) is 19.0. The fourth-order valence-corrected chi connectivity index (χ4v) is 3.58. The third-order valence-electron chi connectivity index (χ3n) is 5.24. The summed E-state index contributed by atoms with van der Waals surface area (Å²) in [5.41, 5.74) is -0.496. The van der Waals surface area contributed by atoms with Gasteiger partial charge in [0.2, 0.25) is 0 Å². The number of H-pyrrole nitrogens is 1. The number of nitrogens with zero attached hydrogens (tertiary/aromatic N) is 5. The number of fused-ring (bicyclic) bond motifs is 1. The first kappa shape index (κ1) is 23.7. The minimum atomic E-state index is -0.768. The number of imidazole rings is 1. The van der Waals surface area contributed by atoms with E-state index >= 15 is 0 Å². The number of nitro benzene ring substituents is 1. The lowest BCUT2D eigenvalue weighted by atomic mass is 10.1. The molecule has 0 aliphatic carbocycles. The first-order valence-electron chi connectivity index (χ1n) is 10.5. The molecule has 0 saturated heterocycles. The van der Waals surface area contributed by atoms with Crippen molar-refractivity contribution < 1.29 is 14.5 Å². The fraction of sp³-hybridized carbons (Fsp3) is 0.429. The molecule has 2 heterocycles. The molecular weight excluding hydrogens is 432 g/mol. The standard InChI is InChI=1S/C21H26N6O6/c1-5-7-10-26-18-17(19(28)23-21(26)30)25(6-2)16(22-18)12-33-20(29)13-8-9-14(24(3)4)15(11-13)27(31)32/h8-9,11H,5-7,10,12H2,1-4H3,(H,23,28,30). The normalized spacial score (nSPS) is 11.0. The molecule has 0 aliphatic rings. The van der Waals surface area contributed by atoms with Crippen LogP contribution in [0.3, 0.4) is 0 Å². The molecule has 0 atom stereocenters. The predicted octanol–water partition coefficient (Wildman–Crippen LogP) is 2.04. The number of hydrogen-bond acceptors (Lipinski definition) is 8. The van der Waals surface area contributed by atoms with Crippen LogP contribution in [0, 0.1) is 10.1 Å². The summed E-state index contributed by atoms with van der Waals surface area (Å²) in [5.74, 6) is -0.475. The molecule has 12 nitrogen and oxygen atoms in total. The second kappa shape index (κ2) is 9.67. The maximum absolute atomic E-state index is 12.6. The molecule has 2 aromatic heterocycles. The maximum Gasteiger partial charge on any atom is 0.338 e. The summed E-state index contributed by atoms with van der Waals surface area (Å²) >= 11 is 0. The second-order valence-electron chi connectivity index (χ2n) is 7.64. The molecule has 0 aliphatic heterocycles. The zero-order chi connectivity index (χ0) is 24.3. The average molecular weight is 458 g/mol. The molecule has 0 saturated carbocycles. The van der Waals surface area contributed by atoms with E-state index in [-0.39, 0.29) is 29.0 Å². The molecule has 33 heavy (non-hydrogen) atoms. The van der Waals surface area contributed by atoms with Gasteiger partial charge in [-0.3, -0.25) is 24.5 Å². The van der Waals surface area contributed by atoms with Crippen molar-refractivity contribution in [2.24, 2.45) is 0 Å². The number of aromatic nitrogens is 4. The highest BCUT2D eigenvalue weighted by Gasteiger charge is 2.22. The molecule has 0 bridgehead atoms. The Labute approximate surface area is 188 Å². The van der Waals surface area contributed by atoms with Gasteiger partial charge in [0.05, 0.1) is 10.5 Å². The van der Waals surface area contributed by atoms with E-state index in [1.807, 2.05) is 6.92 Å². The molecule has 0 fully saturated rings. The number of nitro groups is 1. The zero-order valence-corrected chi connectivity index (χ0v) is 19.0. The van der Waals surface area contributed by atoms with Gasteiger partial charge >= 0.3 is 11.7 Å². The van der Waals surface area contributed by atoms with Gasteiger partial charge in [-0.1, -0.05) is 13.3 Å². The molecule has 0 radical (unpaired) electrons. The minimum absolute atomic E-state index is 0.0177. The van der Waals surface area contributed by atoms with Crippen LogP contribution in [0.4, 0.5) is 11.4 Å². The van der Waals surface area contributed by atoms with Crippen LogP contribution in [0.15, 0.2) is 27.8 Å². The van der Waals surface area contributed by atoms with Gasteiger partial charge in [-0.25, -0.2) is 14.6 Å². The van der Waals surface area contributed by atoms with Gasteiger partial charge < -0.3 is 14.2 Å². The van der Waals surface area contributed by atoms with E-state index in [0.717, 1.165) is 18.9 Å². The Morgan fingerprint density at radius 1 is 1.24 bits per heavy atom. The summed E-state index contributed by atoms with van der Waals surface area (Å²) in [7, 11) is 3.33. The topological polar surface area (TPSA) is 145 Å². The van der Waals surface area contributed by atoms with Crippen molar-refractivity contribution in [1.82, 2.24) is 19.1 Å². The number of carbonyl (C=O) groups is 1. The van der Waals surface area contributed by atoms with Gasteiger partial charge in [0.15, 0.2) is 11.2 Å². The van der Waals surface area contributed by atoms with E-state index in [1.54, 1.807) is 30.5 Å². The Kier molecular flexibility index (Phi) is 6.95. The average Bonchev–Trinajstić information content (AvgIpc) is 3.15. The SMILES string of the molecule is CCCCn1c(=O)[nH]c(=O)c2c1nc(COC(=O)c1ccc(N(C)C)c([N+](=O)[O-])c1)n2CC. The van der Waals surface area contributed by atoms with Crippen molar-refractivity contribution in [3.8, 4) is 0 Å². The Morgan fingerprint density at radius 3 is 2.58 bits per heavy atom. The van der Waals surface area contributed by atoms with Crippen molar-refractivity contribution in [1.29, 1.82) is 0 Å². The van der Waals surface area contributed by atoms with Crippen LogP contribution in [-0.4, -0.2) is 44.1 Å². The van der Waals surface area contributed by atoms with Gasteiger partial charge in [-0.2, -0.15) is 0 Å². The van der Waals surface area contributed by atoms with E-state index in [0.29, 0.717) is 24.6 Å². The van der Waals surface area contributed by atoms with Crippen molar-refractivity contribution >= 4 is 28.5 Å². The Bertz CT molecular complexity index is 1320. The molecule has 1 N–H and O–H groups in total. The summed E-state index contributed by atoms with van der Waals surface area (Å²) in [6.45, 7) is 4.27. The van der Waals surface area contributed by atoms with Crippen LogP contribution in [0.1, 0.15) is 42.9 Å². The van der Waals surface area contributed by atoms with Gasteiger partial charge in [0, 0.05) is 33.3 Å². The first-order chi connectivity index (χ1) is 15.7. The summed E-state index contributed by atoms with van der Waals surface area (Å²) in [6.07, 6.45) is 1.58. The van der Waals surface area contributed by atoms with Crippen LogP contribution in [0.5, 0.6) is 0 Å². The van der Waals surface area contributed by atoms with E-state index in [4.69, 9.17) is 4.74 Å². The smallest absolute Gasteiger partial charge is 0.338 e. The number of aryl methyl sites for hydroxylation is 2. The monoisotopic (exact) mass is 458 g/mol. The number of unbranched alkanes of at least 4 members (excludes halogenated alkanes) is 1. The molecule has 3 aromatic rings. The van der Waals surface area contributed by atoms with Crippen molar-refractivity contribution in [3.63, 3.8) is 0 Å². The number of rotatable bonds is 9. The lowest BCUT2D eigenvalue weighted by Crippen LogP contribution is -2.31. The Balaban J connectivity index is 1.94. The third-order valence-corrected chi connectivity index (χ3v) is 5.24. The second-order valence-corrected chi connectivity index (χ2v) is 7.64. The first-order valence-corrected chi connectivity index (χ1v) is 10.5. The molecular formula is C21H26N6O6.